The third kappa shape index (κ3) is 4.40. The Bertz CT molecular complexity index is 1310. The van der Waals surface area contributed by atoms with Gasteiger partial charge in [-0.2, -0.15) is 0 Å². The van der Waals surface area contributed by atoms with Crippen molar-refractivity contribution >= 4 is 40.9 Å². The molecular formula is C27H22ClNO5. The number of methoxy groups -OCH3 is 3. The average molecular weight is 476 g/mol. The number of anilines is 1. The molecule has 34 heavy (non-hydrogen) atoms. The number of benzene rings is 3. The predicted molar refractivity (Wildman–Crippen MR) is 132 cm³/mol. The van der Waals surface area contributed by atoms with Crippen LogP contribution in [0.1, 0.15) is 21.5 Å². The quantitative estimate of drug-likeness (QED) is 0.342. The van der Waals surface area contributed by atoms with Gasteiger partial charge in [0.15, 0.2) is 11.5 Å². The summed E-state index contributed by atoms with van der Waals surface area (Å²) in [6, 6.07) is 19.4. The number of carbonyl (C=O) groups is 2. The molecule has 6 nitrogen and oxygen atoms in total. The Hall–Kier alpha value is -4.03. The van der Waals surface area contributed by atoms with E-state index in [1.165, 1.54) is 12.0 Å². The van der Waals surface area contributed by atoms with Crippen LogP contribution < -0.4 is 14.4 Å². The first-order valence-electron chi connectivity index (χ1n) is 10.4. The summed E-state index contributed by atoms with van der Waals surface area (Å²) in [6.45, 7) is 0. The van der Waals surface area contributed by atoms with Gasteiger partial charge in [-0.05, 0) is 59.7 Å². The predicted octanol–water partition coefficient (Wildman–Crippen LogP) is 5.62. The smallest absolute Gasteiger partial charge is 0.339 e. The van der Waals surface area contributed by atoms with Crippen molar-refractivity contribution in [3.63, 3.8) is 0 Å². The first-order chi connectivity index (χ1) is 16.5. The fourth-order valence-electron chi connectivity index (χ4n) is 3.76. The molecule has 3 aromatic rings. The summed E-state index contributed by atoms with van der Waals surface area (Å²) in [6.07, 6.45) is 3.55. The zero-order valence-electron chi connectivity index (χ0n) is 18.9. The Kier molecular flexibility index (Phi) is 6.70. The number of halogens is 1. The van der Waals surface area contributed by atoms with Crippen LogP contribution in [-0.2, 0) is 9.53 Å². The van der Waals surface area contributed by atoms with Gasteiger partial charge >= 0.3 is 5.97 Å². The molecule has 1 aliphatic heterocycles. The molecule has 0 unspecified atom stereocenters. The number of carbonyl (C=O) groups excluding carboxylic acids is 2. The molecule has 0 saturated carbocycles. The van der Waals surface area contributed by atoms with E-state index in [9.17, 15) is 9.59 Å². The molecule has 0 bridgehead atoms. The molecule has 0 aliphatic carbocycles. The van der Waals surface area contributed by atoms with Crippen LogP contribution in [0.4, 0.5) is 5.69 Å². The van der Waals surface area contributed by atoms with E-state index in [-0.39, 0.29) is 11.5 Å². The lowest BCUT2D eigenvalue weighted by molar-refractivity contribution is -0.113. The standard InChI is InChI=1S/C27H22ClNO5/c1-32-24-13-8-17(15-25(24)33-2)14-19-16-23(18-9-11-20(28)12-10-18)29(26(19)30)22-7-5-4-6-21(22)27(31)34-3/h4-16H,1-3H3/b19-14+. The molecule has 0 N–H and O–H groups in total. The minimum Gasteiger partial charge on any atom is -0.493 e. The Morgan fingerprint density at radius 3 is 2.29 bits per heavy atom. The Labute approximate surface area is 202 Å². The molecular weight excluding hydrogens is 454 g/mol. The normalized spacial score (nSPS) is 14.2. The van der Waals surface area contributed by atoms with Crippen molar-refractivity contribution < 1.29 is 23.8 Å². The van der Waals surface area contributed by atoms with Crippen LogP contribution in [-0.4, -0.2) is 33.2 Å². The first-order valence-corrected chi connectivity index (χ1v) is 10.8. The number of rotatable bonds is 6. The maximum atomic E-state index is 13.7. The van der Waals surface area contributed by atoms with E-state index in [0.29, 0.717) is 33.5 Å². The van der Waals surface area contributed by atoms with Crippen LogP contribution >= 0.6 is 11.6 Å². The third-order valence-electron chi connectivity index (χ3n) is 5.40. The highest BCUT2D eigenvalue weighted by Crippen LogP contribution is 2.38. The summed E-state index contributed by atoms with van der Waals surface area (Å²) < 4.78 is 15.6. The van der Waals surface area contributed by atoms with Crippen LogP contribution in [0.5, 0.6) is 11.5 Å². The summed E-state index contributed by atoms with van der Waals surface area (Å²) in [5.74, 6) is 0.331. The van der Waals surface area contributed by atoms with Gasteiger partial charge in [0, 0.05) is 10.6 Å². The van der Waals surface area contributed by atoms with Crippen molar-refractivity contribution in [3.05, 3.63) is 100 Å². The van der Waals surface area contributed by atoms with Crippen LogP contribution in [0.3, 0.4) is 0 Å². The number of hydrogen-bond donors (Lipinski definition) is 0. The molecule has 172 valence electrons. The maximum absolute atomic E-state index is 13.7. The second-order valence-corrected chi connectivity index (χ2v) is 7.84. The number of ether oxygens (including phenoxy) is 3. The zero-order chi connectivity index (χ0) is 24.2. The molecule has 0 saturated heterocycles. The Balaban J connectivity index is 1.86. The van der Waals surface area contributed by atoms with E-state index >= 15 is 0 Å². The fourth-order valence-corrected chi connectivity index (χ4v) is 3.89. The van der Waals surface area contributed by atoms with Gasteiger partial charge in [0.25, 0.3) is 5.91 Å². The van der Waals surface area contributed by atoms with Crippen LogP contribution in [0.15, 0.2) is 78.4 Å². The largest absolute Gasteiger partial charge is 0.493 e. The second kappa shape index (κ2) is 9.85. The molecule has 1 aliphatic rings. The van der Waals surface area contributed by atoms with Crippen molar-refractivity contribution in [1.29, 1.82) is 0 Å². The van der Waals surface area contributed by atoms with E-state index in [2.05, 4.69) is 0 Å². The molecule has 0 atom stereocenters. The summed E-state index contributed by atoms with van der Waals surface area (Å²) in [4.78, 5) is 27.6. The molecule has 4 rings (SSSR count). The highest BCUT2D eigenvalue weighted by Gasteiger charge is 2.33. The van der Waals surface area contributed by atoms with Gasteiger partial charge in [-0.15, -0.1) is 0 Å². The minimum absolute atomic E-state index is 0.281. The SMILES string of the molecule is COC(=O)c1ccccc1N1C(=O)/C(=C/c2ccc(OC)c(OC)c2)C=C1c1ccc(Cl)cc1. The third-order valence-corrected chi connectivity index (χ3v) is 5.66. The summed E-state index contributed by atoms with van der Waals surface area (Å²) in [5, 5.41) is 0.580. The molecule has 0 fully saturated rings. The van der Waals surface area contributed by atoms with E-state index in [1.807, 2.05) is 18.2 Å². The van der Waals surface area contributed by atoms with Crippen molar-refractivity contribution in [1.82, 2.24) is 0 Å². The highest BCUT2D eigenvalue weighted by atomic mass is 35.5. The number of amides is 1. The topological polar surface area (TPSA) is 65.1 Å². The van der Waals surface area contributed by atoms with E-state index in [1.54, 1.807) is 74.9 Å². The maximum Gasteiger partial charge on any atom is 0.339 e. The van der Waals surface area contributed by atoms with Gasteiger partial charge < -0.3 is 14.2 Å². The number of hydrogen-bond acceptors (Lipinski definition) is 5. The van der Waals surface area contributed by atoms with Crippen molar-refractivity contribution in [3.8, 4) is 11.5 Å². The monoisotopic (exact) mass is 475 g/mol. The fraction of sp³-hybridized carbons (Fsp3) is 0.111. The Morgan fingerprint density at radius 2 is 1.62 bits per heavy atom. The van der Waals surface area contributed by atoms with Gasteiger partial charge in [0.1, 0.15) is 0 Å². The first kappa shape index (κ1) is 23.1. The lowest BCUT2D eigenvalue weighted by atomic mass is 10.1. The molecule has 0 radical (unpaired) electrons. The molecule has 1 heterocycles. The van der Waals surface area contributed by atoms with Crippen molar-refractivity contribution in [2.45, 2.75) is 0 Å². The summed E-state index contributed by atoms with van der Waals surface area (Å²) in [5.41, 5.74) is 3.30. The number of para-hydroxylation sites is 1. The number of nitrogens with zero attached hydrogens (tertiary/aromatic N) is 1. The second-order valence-electron chi connectivity index (χ2n) is 7.40. The minimum atomic E-state index is -0.531. The molecule has 0 aromatic heterocycles. The molecule has 3 aromatic carbocycles. The van der Waals surface area contributed by atoms with Gasteiger partial charge in [0.2, 0.25) is 0 Å². The van der Waals surface area contributed by atoms with Gasteiger partial charge in [-0.25, -0.2) is 4.79 Å². The van der Waals surface area contributed by atoms with Crippen LogP contribution in [0.2, 0.25) is 5.02 Å². The van der Waals surface area contributed by atoms with E-state index < -0.39 is 5.97 Å². The van der Waals surface area contributed by atoms with E-state index in [0.717, 1.165) is 11.1 Å². The molecule has 0 spiro atoms. The molecule has 7 heteroatoms. The van der Waals surface area contributed by atoms with E-state index in [4.69, 9.17) is 25.8 Å². The van der Waals surface area contributed by atoms with Crippen LogP contribution in [0.25, 0.3) is 11.8 Å². The van der Waals surface area contributed by atoms with Crippen molar-refractivity contribution in [2.24, 2.45) is 0 Å². The zero-order valence-corrected chi connectivity index (χ0v) is 19.6. The summed E-state index contributed by atoms with van der Waals surface area (Å²) in [7, 11) is 4.43. The summed E-state index contributed by atoms with van der Waals surface area (Å²) >= 11 is 6.08. The van der Waals surface area contributed by atoms with Gasteiger partial charge in [-0.3, -0.25) is 9.69 Å². The van der Waals surface area contributed by atoms with Gasteiger partial charge in [-0.1, -0.05) is 41.9 Å². The molecule has 1 amide bonds. The average Bonchev–Trinajstić information content (AvgIpc) is 3.19. The highest BCUT2D eigenvalue weighted by molar-refractivity contribution is 6.30. The van der Waals surface area contributed by atoms with Crippen molar-refractivity contribution in [2.75, 3.05) is 26.2 Å². The van der Waals surface area contributed by atoms with Crippen LogP contribution in [0, 0.1) is 0 Å². The lowest BCUT2D eigenvalue weighted by Crippen LogP contribution is -2.27. The Morgan fingerprint density at radius 1 is 0.912 bits per heavy atom. The number of esters is 1. The van der Waals surface area contributed by atoms with Gasteiger partial charge in [0.05, 0.1) is 38.3 Å². The lowest BCUT2D eigenvalue weighted by Gasteiger charge is -2.23.